The van der Waals surface area contributed by atoms with Crippen LogP contribution >= 0.6 is 11.3 Å². The van der Waals surface area contributed by atoms with Crippen molar-refractivity contribution in [3.05, 3.63) is 42.6 Å². The number of aromatic nitrogens is 4. The molecule has 0 spiro atoms. The van der Waals surface area contributed by atoms with E-state index in [2.05, 4.69) is 37.0 Å². The number of benzene rings is 1. The molecule has 25 heavy (non-hydrogen) atoms. The summed E-state index contributed by atoms with van der Waals surface area (Å²) < 4.78 is 8.79. The number of nitrogens with zero attached hydrogens (tertiary/aromatic N) is 4. The number of thiazole rings is 1. The first-order valence-corrected chi connectivity index (χ1v) is 9.12. The van der Waals surface area contributed by atoms with Crippen molar-refractivity contribution in [2.24, 2.45) is 0 Å². The molecule has 1 aromatic carbocycles. The number of nitrogens with one attached hydrogen (secondary N) is 1. The molecule has 7 heteroatoms. The number of methoxy groups -OCH3 is 1. The second kappa shape index (κ2) is 5.70. The Morgan fingerprint density at radius 1 is 1.12 bits per heavy atom. The fraction of sp³-hybridized carbons (Fsp3) is 0.278. The number of imidazole rings is 1. The van der Waals surface area contributed by atoms with E-state index in [1.165, 1.54) is 4.70 Å². The molecule has 1 fully saturated rings. The van der Waals surface area contributed by atoms with E-state index in [0.29, 0.717) is 18.1 Å². The third-order valence-corrected chi connectivity index (χ3v) is 5.67. The zero-order valence-electron chi connectivity index (χ0n) is 13.7. The lowest BCUT2D eigenvalue weighted by Gasteiger charge is -2.36. The Morgan fingerprint density at radius 2 is 1.96 bits per heavy atom. The van der Waals surface area contributed by atoms with Crippen molar-refractivity contribution in [2.45, 2.75) is 24.9 Å². The average Bonchev–Trinajstić information content (AvgIpc) is 3.18. The van der Waals surface area contributed by atoms with Gasteiger partial charge >= 0.3 is 0 Å². The highest BCUT2D eigenvalue weighted by molar-refractivity contribution is 7.22. The lowest BCUT2D eigenvalue weighted by molar-refractivity contribution is 0.252. The van der Waals surface area contributed by atoms with E-state index in [-0.39, 0.29) is 0 Å². The average molecular weight is 351 g/mol. The van der Waals surface area contributed by atoms with Gasteiger partial charge in [-0.25, -0.2) is 9.97 Å². The maximum absolute atomic E-state index is 5.46. The molecule has 1 saturated carbocycles. The lowest BCUT2D eigenvalue weighted by Crippen LogP contribution is -2.37. The molecule has 3 heterocycles. The Bertz CT molecular complexity index is 1020. The number of fused-ring (bicyclic) bond motifs is 2. The van der Waals surface area contributed by atoms with E-state index >= 15 is 0 Å². The maximum atomic E-state index is 5.46. The molecule has 6 nitrogen and oxygen atoms in total. The van der Waals surface area contributed by atoms with Crippen molar-refractivity contribution in [1.29, 1.82) is 0 Å². The van der Waals surface area contributed by atoms with Crippen LogP contribution in [0.1, 0.15) is 18.9 Å². The summed E-state index contributed by atoms with van der Waals surface area (Å²) in [5, 5.41) is 4.55. The molecule has 1 aliphatic rings. The number of pyridine rings is 1. The van der Waals surface area contributed by atoms with E-state index < -0.39 is 0 Å². The normalized spacial score (nSPS) is 19.9. The Balaban J connectivity index is 1.35. The molecule has 0 bridgehead atoms. The van der Waals surface area contributed by atoms with Gasteiger partial charge in [0.05, 0.1) is 17.3 Å². The SMILES string of the molecule is COc1nc2cccnc2n1[C@H]1C[C@H](Nc2nc3ccccc3s2)C1. The standard InChI is InChI=1S/C18H17N5OS/c1-24-18-22-14-6-4-8-19-16(14)23(18)12-9-11(10-12)20-17-21-13-5-2-3-7-15(13)25-17/h2-8,11-12H,9-10H2,1H3,(H,20,21)/t11-,12-. The molecule has 3 aromatic heterocycles. The third-order valence-electron chi connectivity index (χ3n) is 4.70. The predicted octanol–water partition coefficient (Wildman–Crippen LogP) is 3.87. The van der Waals surface area contributed by atoms with Gasteiger partial charge in [-0.3, -0.25) is 4.57 Å². The van der Waals surface area contributed by atoms with Gasteiger partial charge in [-0.05, 0) is 37.1 Å². The lowest BCUT2D eigenvalue weighted by atomic mass is 9.86. The quantitative estimate of drug-likeness (QED) is 0.605. The van der Waals surface area contributed by atoms with Gasteiger partial charge < -0.3 is 10.1 Å². The summed E-state index contributed by atoms with van der Waals surface area (Å²) >= 11 is 1.71. The molecule has 1 aliphatic carbocycles. The van der Waals surface area contributed by atoms with Gasteiger partial charge in [0.1, 0.15) is 5.52 Å². The summed E-state index contributed by atoms with van der Waals surface area (Å²) in [4.78, 5) is 13.7. The van der Waals surface area contributed by atoms with Gasteiger partial charge in [0.2, 0.25) is 0 Å². The monoisotopic (exact) mass is 351 g/mol. The Hall–Kier alpha value is -2.67. The molecule has 0 amide bonds. The minimum atomic E-state index is 0.349. The van der Waals surface area contributed by atoms with E-state index in [0.717, 1.165) is 34.7 Å². The van der Waals surface area contributed by atoms with Crippen LogP contribution in [0.4, 0.5) is 5.13 Å². The van der Waals surface area contributed by atoms with Gasteiger partial charge in [0.25, 0.3) is 6.01 Å². The number of hydrogen-bond acceptors (Lipinski definition) is 6. The molecule has 0 atom stereocenters. The smallest absolute Gasteiger partial charge is 0.298 e. The molecular weight excluding hydrogens is 334 g/mol. The molecular formula is C18H17N5OS. The summed E-state index contributed by atoms with van der Waals surface area (Å²) in [5.74, 6) is 0. The minimum Gasteiger partial charge on any atom is -0.468 e. The van der Waals surface area contributed by atoms with Crippen LogP contribution in [0.25, 0.3) is 21.4 Å². The number of anilines is 1. The first-order valence-electron chi connectivity index (χ1n) is 8.31. The molecule has 126 valence electrons. The van der Waals surface area contributed by atoms with Crippen LogP contribution in [-0.4, -0.2) is 32.7 Å². The van der Waals surface area contributed by atoms with Crippen LogP contribution in [0.3, 0.4) is 0 Å². The van der Waals surface area contributed by atoms with Crippen molar-refractivity contribution in [3.8, 4) is 6.01 Å². The van der Waals surface area contributed by atoms with Gasteiger partial charge in [0, 0.05) is 18.3 Å². The van der Waals surface area contributed by atoms with Crippen LogP contribution in [-0.2, 0) is 0 Å². The summed E-state index contributed by atoms with van der Waals surface area (Å²) in [6, 6.07) is 13.5. The minimum absolute atomic E-state index is 0.349. The van der Waals surface area contributed by atoms with Crippen LogP contribution in [0.15, 0.2) is 42.6 Å². The topological polar surface area (TPSA) is 64.9 Å². The highest BCUT2D eigenvalue weighted by Gasteiger charge is 2.34. The summed E-state index contributed by atoms with van der Waals surface area (Å²) in [6.07, 6.45) is 3.82. The van der Waals surface area contributed by atoms with Crippen molar-refractivity contribution < 1.29 is 4.74 Å². The number of hydrogen-bond donors (Lipinski definition) is 1. The predicted molar refractivity (Wildman–Crippen MR) is 99.4 cm³/mol. The number of rotatable bonds is 4. The highest BCUT2D eigenvalue weighted by Crippen LogP contribution is 2.39. The Labute approximate surface area is 148 Å². The van der Waals surface area contributed by atoms with E-state index in [9.17, 15) is 0 Å². The Kier molecular flexibility index (Phi) is 3.34. The van der Waals surface area contributed by atoms with E-state index in [1.54, 1.807) is 24.6 Å². The second-order valence-electron chi connectivity index (χ2n) is 6.27. The molecule has 0 radical (unpaired) electrons. The first kappa shape index (κ1) is 14.7. The second-order valence-corrected chi connectivity index (χ2v) is 7.30. The van der Waals surface area contributed by atoms with Gasteiger partial charge in [-0.15, -0.1) is 0 Å². The third kappa shape index (κ3) is 2.42. The summed E-state index contributed by atoms with van der Waals surface area (Å²) in [7, 11) is 1.66. The molecule has 0 aliphatic heterocycles. The van der Waals surface area contributed by atoms with Crippen molar-refractivity contribution in [2.75, 3.05) is 12.4 Å². The summed E-state index contributed by atoms with van der Waals surface area (Å²) in [6.45, 7) is 0. The molecule has 4 aromatic rings. The molecule has 0 saturated heterocycles. The zero-order chi connectivity index (χ0) is 16.8. The van der Waals surface area contributed by atoms with Gasteiger partial charge in [-0.2, -0.15) is 4.98 Å². The first-order chi connectivity index (χ1) is 12.3. The van der Waals surface area contributed by atoms with Crippen LogP contribution in [0, 0.1) is 0 Å². The van der Waals surface area contributed by atoms with E-state index in [4.69, 9.17) is 4.74 Å². The van der Waals surface area contributed by atoms with Crippen molar-refractivity contribution in [1.82, 2.24) is 19.5 Å². The van der Waals surface area contributed by atoms with E-state index in [1.807, 2.05) is 24.3 Å². The van der Waals surface area contributed by atoms with Crippen LogP contribution in [0.5, 0.6) is 6.01 Å². The summed E-state index contributed by atoms with van der Waals surface area (Å²) in [5.41, 5.74) is 2.82. The number of ether oxygens (including phenoxy) is 1. The van der Waals surface area contributed by atoms with Gasteiger partial charge in [-0.1, -0.05) is 23.5 Å². The fourth-order valence-corrected chi connectivity index (χ4v) is 4.35. The maximum Gasteiger partial charge on any atom is 0.298 e. The van der Waals surface area contributed by atoms with Crippen LogP contribution in [0.2, 0.25) is 0 Å². The fourth-order valence-electron chi connectivity index (χ4n) is 3.41. The zero-order valence-corrected chi connectivity index (χ0v) is 14.5. The van der Waals surface area contributed by atoms with Crippen molar-refractivity contribution >= 4 is 37.8 Å². The largest absolute Gasteiger partial charge is 0.468 e. The molecule has 5 rings (SSSR count). The molecule has 0 unspecified atom stereocenters. The van der Waals surface area contributed by atoms with Crippen molar-refractivity contribution in [3.63, 3.8) is 0 Å². The Morgan fingerprint density at radius 3 is 2.80 bits per heavy atom. The molecule has 1 N–H and O–H groups in total. The number of para-hydroxylation sites is 1. The highest BCUT2D eigenvalue weighted by atomic mass is 32.1. The van der Waals surface area contributed by atoms with Gasteiger partial charge in [0.15, 0.2) is 10.8 Å². The van der Waals surface area contributed by atoms with Crippen LogP contribution < -0.4 is 10.1 Å².